The van der Waals surface area contributed by atoms with Crippen LogP contribution in [0.4, 0.5) is 11.4 Å². The van der Waals surface area contributed by atoms with Crippen LogP contribution in [0.25, 0.3) is 0 Å². The minimum absolute atomic E-state index is 0.129. The Morgan fingerprint density at radius 2 is 2.05 bits per heavy atom. The first kappa shape index (κ1) is 16.1. The Morgan fingerprint density at radius 3 is 2.68 bits per heavy atom. The van der Waals surface area contributed by atoms with Gasteiger partial charge in [-0.3, -0.25) is 15.5 Å². The lowest BCUT2D eigenvalue weighted by Crippen LogP contribution is -1.95. The van der Waals surface area contributed by atoms with Crippen LogP contribution in [0.2, 0.25) is 10.0 Å². The fourth-order valence-corrected chi connectivity index (χ4v) is 2.08. The summed E-state index contributed by atoms with van der Waals surface area (Å²) in [5, 5.41) is 25.2. The van der Waals surface area contributed by atoms with E-state index in [9.17, 15) is 15.2 Å². The summed E-state index contributed by atoms with van der Waals surface area (Å²) in [6.45, 7) is 1.87. The van der Waals surface area contributed by atoms with E-state index in [2.05, 4.69) is 10.5 Å². The van der Waals surface area contributed by atoms with Crippen LogP contribution < -0.4 is 5.43 Å². The highest BCUT2D eigenvalue weighted by molar-refractivity contribution is 6.31. The maximum absolute atomic E-state index is 10.8. The number of nitro groups is 1. The van der Waals surface area contributed by atoms with Gasteiger partial charge in [-0.05, 0) is 30.7 Å². The maximum atomic E-state index is 10.8. The molecule has 0 saturated heterocycles. The van der Waals surface area contributed by atoms with Crippen molar-refractivity contribution < 1.29 is 10.0 Å². The van der Waals surface area contributed by atoms with E-state index in [1.54, 1.807) is 12.1 Å². The minimum Gasteiger partial charge on any atom is -0.502 e. The molecule has 2 N–H and O–H groups in total. The second-order valence-corrected chi connectivity index (χ2v) is 5.30. The molecule has 2 rings (SSSR count). The number of rotatable bonds is 4. The fourth-order valence-electron chi connectivity index (χ4n) is 1.68. The standard InChI is InChI=1S/C14H11Cl2N3O3/c1-8-2-3-11(6-12(8)16)18-17-7-9-4-10(15)5-13(14(9)20)19(21)22/h2-7,18,20H,1H3/b17-7-. The number of aryl methyl sites for hydroxylation is 1. The average molecular weight is 340 g/mol. The Balaban J connectivity index is 2.23. The van der Waals surface area contributed by atoms with E-state index >= 15 is 0 Å². The highest BCUT2D eigenvalue weighted by Crippen LogP contribution is 2.32. The molecule has 0 aliphatic carbocycles. The van der Waals surface area contributed by atoms with Crippen molar-refractivity contribution in [2.75, 3.05) is 5.43 Å². The van der Waals surface area contributed by atoms with Crippen LogP contribution in [0.3, 0.4) is 0 Å². The van der Waals surface area contributed by atoms with E-state index in [-0.39, 0.29) is 10.6 Å². The molecule has 0 heterocycles. The summed E-state index contributed by atoms with van der Waals surface area (Å²) in [5.41, 5.74) is 3.94. The molecular formula is C14H11Cl2N3O3. The van der Waals surface area contributed by atoms with Crippen molar-refractivity contribution in [3.05, 3.63) is 61.6 Å². The Bertz CT molecular complexity index is 763. The monoisotopic (exact) mass is 339 g/mol. The van der Waals surface area contributed by atoms with Gasteiger partial charge in [-0.15, -0.1) is 0 Å². The number of nitro benzene ring substituents is 1. The molecule has 6 nitrogen and oxygen atoms in total. The predicted molar refractivity (Wildman–Crippen MR) is 87.2 cm³/mol. The van der Waals surface area contributed by atoms with Crippen molar-refractivity contribution in [3.8, 4) is 5.75 Å². The maximum Gasteiger partial charge on any atom is 0.312 e. The number of benzene rings is 2. The molecule has 0 radical (unpaired) electrons. The molecule has 0 atom stereocenters. The number of nitrogens with zero attached hydrogens (tertiary/aromatic N) is 2. The van der Waals surface area contributed by atoms with Crippen LogP contribution in [0, 0.1) is 17.0 Å². The Morgan fingerprint density at radius 1 is 1.32 bits per heavy atom. The van der Waals surface area contributed by atoms with E-state index in [4.69, 9.17) is 23.2 Å². The van der Waals surface area contributed by atoms with Crippen molar-refractivity contribution in [2.45, 2.75) is 6.92 Å². The van der Waals surface area contributed by atoms with Crippen molar-refractivity contribution in [3.63, 3.8) is 0 Å². The van der Waals surface area contributed by atoms with Gasteiger partial charge in [0.25, 0.3) is 0 Å². The number of halogens is 2. The Hall–Kier alpha value is -2.31. The van der Waals surface area contributed by atoms with Crippen LogP contribution in [0.15, 0.2) is 35.4 Å². The van der Waals surface area contributed by atoms with Gasteiger partial charge in [-0.25, -0.2) is 0 Å². The summed E-state index contributed by atoms with van der Waals surface area (Å²) >= 11 is 11.8. The molecule has 0 aliphatic heterocycles. The second kappa shape index (κ2) is 6.64. The molecule has 22 heavy (non-hydrogen) atoms. The predicted octanol–water partition coefficient (Wildman–Crippen LogP) is 4.36. The van der Waals surface area contributed by atoms with Gasteiger partial charge in [-0.2, -0.15) is 5.10 Å². The summed E-state index contributed by atoms with van der Waals surface area (Å²) < 4.78 is 0. The van der Waals surface area contributed by atoms with E-state index in [1.807, 2.05) is 13.0 Å². The minimum atomic E-state index is -0.717. The smallest absolute Gasteiger partial charge is 0.312 e. The molecule has 0 aliphatic rings. The zero-order valence-electron chi connectivity index (χ0n) is 11.4. The molecule has 0 saturated carbocycles. The number of hydrazone groups is 1. The Kier molecular flexibility index (Phi) is 4.85. The molecule has 0 amide bonds. The first-order chi connectivity index (χ1) is 10.4. The lowest BCUT2D eigenvalue weighted by atomic mass is 10.2. The van der Waals surface area contributed by atoms with E-state index in [1.165, 1.54) is 12.3 Å². The highest BCUT2D eigenvalue weighted by Gasteiger charge is 2.17. The van der Waals surface area contributed by atoms with Crippen molar-refractivity contribution >= 4 is 40.8 Å². The van der Waals surface area contributed by atoms with Gasteiger partial charge in [0.2, 0.25) is 5.75 Å². The van der Waals surface area contributed by atoms with Gasteiger partial charge in [0.1, 0.15) is 0 Å². The van der Waals surface area contributed by atoms with E-state index in [0.717, 1.165) is 11.6 Å². The molecule has 0 aromatic heterocycles. The first-order valence-corrected chi connectivity index (χ1v) is 6.86. The van der Waals surface area contributed by atoms with Crippen LogP contribution in [-0.4, -0.2) is 16.2 Å². The molecule has 0 spiro atoms. The number of hydrogen-bond donors (Lipinski definition) is 2. The zero-order valence-corrected chi connectivity index (χ0v) is 12.9. The number of nitrogens with one attached hydrogen (secondary N) is 1. The summed E-state index contributed by atoms with van der Waals surface area (Å²) in [6.07, 6.45) is 1.24. The molecule has 2 aromatic carbocycles. The zero-order chi connectivity index (χ0) is 16.3. The lowest BCUT2D eigenvalue weighted by Gasteiger charge is -2.04. The third-order valence-corrected chi connectivity index (χ3v) is 3.48. The quantitative estimate of drug-likeness (QED) is 0.492. The third-order valence-electron chi connectivity index (χ3n) is 2.85. The Labute approximate surface area is 136 Å². The second-order valence-electron chi connectivity index (χ2n) is 4.45. The third kappa shape index (κ3) is 3.66. The number of anilines is 1. The number of phenolic OH excluding ortho intramolecular Hbond substituents is 1. The summed E-state index contributed by atoms with van der Waals surface area (Å²) in [5.74, 6) is -0.498. The molecule has 8 heteroatoms. The topological polar surface area (TPSA) is 87.8 Å². The largest absolute Gasteiger partial charge is 0.502 e. The fraction of sp³-hybridized carbons (Fsp3) is 0.0714. The number of aromatic hydroxyl groups is 1. The number of phenols is 1. The van der Waals surface area contributed by atoms with Crippen LogP contribution in [0.5, 0.6) is 5.75 Å². The first-order valence-electron chi connectivity index (χ1n) is 6.10. The van der Waals surface area contributed by atoms with E-state index < -0.39 is 16.4 Å². The number of hydrogen-bond acceptors (Lipinski definition) is 5. The van der Waals surface area contributed by atoms with E-state index in [0.29, 0.717) is 10.7 Å². The summed E-state index contributed by atoms with van der Waals surface area (Å²) in [7, 11) is 0. The summed E-state index contributed by atoms with van der Waals surface area (Å²) in [4.78, 5) is 10.1. The highest BCUT2D eigenvalue weighted by atomic mass is 35.5. The van der Waals surface area contributed by atoms with Crippen molar-refractivity contribution in [1.82, 2.24) is 0 Å². The molecule has 2 aromatic rings. The van der Waals surface area contributed by atoms with Gasteiger partial charge < -0.3 is 5.11 Å². The summed E-state index contributed by atoms with van der Waals surface area (Å²) in [6, 6.07) is 7.73. The van der Waals surface area contributed by atoms with Crippen LogP contribution >= 0.6 is 23.2 Å². The van der Waals surface area contributed by atoms with Gasteiger partial charge in [0.05, 0.1) is 16.8 Å². The molecule has 114 valence electrons. The normalized spacial score (nSPS) is 10.9. The average Bonchev–Trinajstić information content (AvgIpc) is 2.45. The van der Waals surface area contributed by atoms with Gasteiger partial charge >= 0.3 is 5.69 Å². The molecule has 0 bridgehead atoms. The van der Waals surface area contributed by atoms with Crippen LogP contribution in [0.1, 0.15) is 11.1 Å². The van der Waals surface area contributed by atoms with Crippen molar-refractivity contribution in [2.24, 2.45) is 5.10 Å². The van der Waals surface area contributed by atoms with Crippen LogP contribution in [-0.2, 0) is 0 Å². The van der Waals surface area contributed by atoms with Gasteiger partial charge in [-0.1, -0.05) is 29.3 Å². The molecule has 0 fully saturated rings. The van der Waals surface area contributed by atoms with Gasteiger partial charge in [0.15, 0.2) is 0 Å². The molecular weight excluding hydrogens is 329 g/mol. The van der Waals surface area contributed by atoms with Gasteiger partial charge in [0, 0.05) is 21.7 Å². The SMILES string of the molecule is Cc1ccc(N/N=C\c2cc(Cl)cc([N+](=O)[O-])c2O)cc1Cl. The lowest BCUT2D eigenvalue weighted by molar-refractivity contribution is -0.385. The van der Waals surface area contributed by atoms with Crippen molar-refractivity contribution in [1.29, 1.82) is 0 Å². The molecule has 0 unspecified atom stereocenters.